The van der Waals surface area contributed by atoms with Gasteiger partial charge in [-0.3, -0.25) is 0 Å². The third kappa shape index (κ3) is 4.31. The standard InChI is InChI=1S/C15H14ClF2NO2/c16-10-5-7-11(8-6-10)19-13(9-20)12-3-1-2-4-14(12)21-15(17)18/h1-8,13,15,19-20H,9H2. The Hall–Kier alpha value is -1.85. The number of nitrogens with one attached hydrogen (secondary N) is 1. The summed E-state index contributed by atoms with van der Waals surface area (Å²) in [5, 5.41) is 13.2. The summed E-state index contributed by atoms with van der Waals surface area (Å²) in [5.74, 6) is 0.0352. The van der Waals surface area contributed by atoms with E-state index < -0.39 is 12.7 Å². The van der Waals surface area contributed by atoms with Crippen LogP contribution in [0.2, 0.25) is 5.02 Å². The first-order valence-electron chi connectivity index (χ1n) is 6.27. The number of aliphatic hydroxyl groups excluding tert-OH is 1. The van der Waals surface area contributed by atoms with E-state index in [1.807, 2.05) is 0 Å². The van der Waals surface area contributed by atoms with E-state index in [0.717, 1.165) is 0 Å². The van der Waals surface area contributed by atoms with E-state index in [1.165, 1.54) is 6.07 Å². The molecule has 0 aromatic heterocycles. The summed E-state index contributed by atoms with van der Waals surface area (Å²) in [5.41, 5.74) is 1.17. The zero-order chi connectivity index (χ0) is 15.2. The molecular weight excluding hydrogens is 300 g/mol. The number of hydrogen-bond acceptors (Lipinski definition) is 3. The summed E-state index contributed by atoms with van der Waals surface area (Å²) < 4.78 is 29.3. The zero-order valence-corrected chi connectivity index (χ0v) is 11.7. The van der Waals surface area contributed by atoms with Gasteiger partial charge < -0.3 is 15.2 Å². The molecule has 1 atom stereocenters. The minimum absolute atomic E-state index is 0.0352. The molecule has 2 aromatic rings. The first-order valence-corrected chi connectivity index (χ1v) is 6.64. The van der Waals surface area contributed by atoms with Crippen molar-refractivity contribution < 1.29 is 18.6 Å². The second-order valence-corrected chi connectivity index (χ2v) is 4.74. The largest absolute Gasteiger partial charge is 0.434 e. The normalized spacial score (nSPS) is 12.2. The number of para-hydroxylation sites is 1. The van der Waals surface area contributed by atoms with Gasteiger partial charge >= 0.3 is 6.61 Å². The predicted octanol–water partition coefficient (Wildman–Crippen LogP) is 4.09. The van der Waals surface area contributed by atoms with Crippen LogP contribution in [0.3, 0.4) is 0 Å². The fourth-order valence-corrected chi connectivity index (χ4v) is 2.07. The van der Waals surface area contributed by atoms with Crippen molar-refractivity contribution in [1.29, 1.82) is 0 Å². The molecule has 0 aliphatic rings. The smallest absolute Gasteiger partial charge is 0.387 e. The van der Waals surface area contributed by atoms with Gasteiger partial charge in [-0.2, -0.15) is 8.78 Å². The van der Waals surface area contributed by atoms with Crippen LogP contribution in [-0.2, 0) is 0 Å². The lowest BCUT2D eigenvalue weighted by atomic mass is 10.1. The molecule has 0 radical (unpaired) electrons. The summed E-state index contributed by atoms with van der Waals surface area (Å²) in [7, 11) is 0. The van der Waals surface area contributed by atoms with Crippen LogP contribution in [0.4, 0.5) is 14.5 Å². The lowest BCUT2D eigenvalue weighted by Gasteiger charge is -2.21. The van der Waals surface area contributed by atoms with Crippen molar-refractivity contribution in [3.8, 4) is 5.75 Å². The summed E-state index contributed by atoms with van der Waals surface area (Å²) in [6.07, 6.45) is 0. The molecule has 2 rings (SSSR count). The number of alkyl halides is 2. The van der Waals surface area contributed by atoms with Crippen LogP contribution in [0.25, 0.3) is 0 Å². The Labute approximate surface area is 126 Å². The summed E-state index contributed by atoms with van der Waals surface area (Å²) in [6, 6.07) is 12.6. The van der Waals surface area contributed by atoms with Gasteiger partial charge in [0, 0.05) is 16.3 Å². The summed E-state index contributed by atoms with van der Waals surface area (Å²) >= 11 is 5.80. The van der Waals surface area contributed by atoms with Crippen LogP contribution >= 0.6 is 11.6 Å². The van der Waals surface area contributed by atoms with Crippen molar-refractivity contribution in [3.05, 3.63) is 59.1 Å². The van der Waals surface area contributed by atoms with E-state index in [2.05, 4.69) is 10.1 Å². The lowest BCUT2D eigenvalue weighted by molar-refractivity contribution is -0.0507. The molecule has 2 N–H and O–H groups in total. The maximum absolute atomic E-state index is 12.4. The third-order valence-electron chi connectivity index (χ3n) is 2.88. The Morgan fingerprint density at radius 1 is 1.10 bits per heavy atom. The van der Waals surface area contributed by atoms with Gasteiger partial charge in [0.25, 0.3) is 0 Å². The average molecular weight is 314 g/mol. The van der Waals surface area contributed by atoms with Gasteiger partial charge in [0.15, 0.2) is 0 Å². The number of rotatable bonds is 6. The van der Waals surface area contributed by atoms with Crippen molar-refractivity contribution in [1.82, 2.24) is 0 Å². The fraction of sp³-hybridized carbons (Fsp3) is 0.200. The minimum atomic E-state index is -2.92. The van der Waals surface area contributed by atoms with E-state index in [9.17, 15) is 13.9 Å². The summed E-state index contributed by atoms with van der Waals surface area (Å²) in [6.45, 7) is -3.19. The van der Waals surface area contributed by atoms with E-state index >= 15 is 0 Å². The molecule has 0 saturated carbocycles. The SMILES string of the molecule is OCC(Nc1ccc(Cl)cc1)c1ccccc1OC(F)F. The number of aliphatic hydroxyl groups is 1. The van der Waals surface area contributed by atoms with E-state index in [-0.39, 0.29) is 12.4 Å². The minimum Gasteiger partial charge on any atom is -0.434 e. The van der Waals surface area contributed by atoms with Crippen molar-refractivity contribution in [2.24, 2.45) is 0 Å². The Bertz CT molecular complexity index is 578. The Kier molecular flexibility index (Phi) is 5.36. The first-order chi connectivity index (χ1) is 10.1. The number of halogens is 3. The van der Waals surface area contributed by atoms with Gasteiger partial charge in [-0.15, -0.1) is 0 Å². The van der Waals surface area contributed by atoms with Crippen LogP contribution in [0.5, 0.6) is 5.75 Å². The highest BCUT2D eigenvalue weighted by Gasteiger charge is 2.17. The molecule has 0 heterocycles. The lowest BCUT2D eigenvalue weighted by Crippen LogP contribution is -2.17. The molecule has 6 heteroatoms. The molecule has 112 valence electrons. The van der Waals surface area contributed by atoms with Crippen molar-refractivity contribution in [2.45, 2.75) is 12.7 Å². The molecule has 1 unspecified atom stereocenters. The molecule has 0 saturated heterocycles. The van der Waals surface area contributed by atoms with Crippen LogP contribution in [-0.4, -0.2) is 18.3 Å². The summed E-state index contributed by atoms with van der Waals surface area (Å²) in [4.78, 5) is 0. The second kappa shape index (κ2) is 7.24. The topological polar surface area (TPSA) is 41.5 Å². The first kappa shape index (κ1) is 15.5. The highest BCUT2D eigenvalue weighted by atomic mass is 35.5. The molecule has 0 aliphatic heterocycles. The van der Waals surface area contributed by atoms with Crippen molar-refractivity contribution >= 4 is 17.3 Å². The van der Waals surface area contributed by atoms with Gasteiger partial charge in [-0.25, -0.2) is 0 Å². The zero-order valence-electron chi connectivity index (χ0n) is 11.0. The van der Waals surface area contributed by atoms with Crippen molar-refractivity contribution in [3.63, 3.8) is 0 Å². The third-order valence-corrected chi connectivity index (χ3v) is 3.13. The molecule has 0 bridgehead atoms. The number of anilines is 1. The molecule has 0 aliphatic carbocycles. The highest BCUT2D eigenvalue weighted by Crippen LogP contribution is 2.29. The highest BCUT2D eigenvalue weighted by molar-refractivity contribution is 6.30. The number of benzene rings is 2. The van der Waals surface area contributed by atoms with Gasteiger partial charge in [0.1, 0.15) is 5.75 Å². The molecule has 0 amide bonds. The maximum Gasteiger partial charge on any atom is 0.387 e. The average Bonchev–Trinajstić information content (AvgIpc) is 2.47. The van der Waals surface area contributed by atoms with Crippen molar-refractivity contribution in [2.75, 3.05) is 11.9 Å². The molecule has 0 fully saturated rings. The van der Waals surface area contributed by atoms with E-state index in [1.54, 1.807) is 42.5 Å². The molecule has 21 heavy (non-hydrogen) atoms. The Morgan fingerprint density at radius 3 is 2.38 bits per heavy atom. The maximum atomic E-state index is 12.4. The van der Waals surface area contributed by atoms with Crippen LogP contribution < -0.4 is 10.1 Å². The van der Waals surface area contributed by atoms with Gasteiger partial charge in [0.2, 0.25) is 0 Å². The molecule has 0 spiro atoms. The van der Waals surface area contributed by atoms with Crippen LogP contribution in [0.1, 0.15) is 11.6 Å². The van der Waals surface area contributed by atoms with Crippen LogP contribution in [0.15, 0.2) is 48.5 Å². The Balaban J connectivity index is 2.22. The number of ether oxygens (including phenoxy) is 1. The van der Waals surface area contributed by atoms with Crippen LogP contribution in [0, 0.1) is 0 Å². The fourth-order valence-electron chi connectivity index (χ4n) is 1.94. The van der Waals surface area contributed by atoms with Gasteiger partial charge in [-0.1, -0.05) is 29.8 Å². The second-order valence-electron chi connectivity index (χ2n) is 4.30. The van der Waals surface area contributed by atoms with Gasteiger partial charge in [0.05, 0.1) is 12.6 Å². The monoisotopic (exact) mass is 313 g/mol. The Morgan fingerprint density at radius 2 is 1.76 bits per heavy atom. The number of hydrogen-bond donors (Lipinski definition) is 2. The quantitative estimate of drug-likeness (QED) is 0.844. The van der Waals surface area contributed by atoms with E-state index in [4.69, 9.17) is 11.6 Å². The van der Waals surface area contributed by atoms with Gasteiger partial charge in [-0.05, 0) is 30.3 Å². The molecule has 2 aromatic carbocycles. The molecular formula is C15H14ClF2NO2. The molecule has 3 nitrogen and oxygen atoms in total. The predicted molar refractivity (Wildman–Crippen MR) is 78.0 cm³/mol. The van der Waals surface area contributed by atoms with E-state index in [0.29, 0.717) is 16.3 Å².